The maximum Gasteiger partial charge on any atom is 0.422 e. The van der Waals surface area contributed by atoms with Crippen LogP contribution in [0.2, 0.25) is 0 Å². The first kappa shape index (κ1) is 13.0. The SMILES string of the molecule is COC(CN)(c1ccc2c(c1)OCO2)C(F)(F)F. The van der Waals surface area contributed by atoms with E-state index in [-0.39, 0.29) is 18.1 Å². The topological polar surface area (TPSA) is 53.7 Å². The maximum absolute atomic E-state index is 13.1. The molecule has 7 heteroatoms. The molecular weight excluding hydrogens is 251 g/mol. The molecule has 1 aliphatic heterocycles. The fourth-order valence-corrected chi connectivity index (χ4v) is 1.86. The normalized spacial score (nSPS) is 17.6. The Balaban J connectivity index is 2.50. The fourth-order valence-electron chi connectivity index (χ4n) is 1.86. The van der Waals surface area contributed by atoms with Gasteiger partial charge in [0.15, 0.2) is 11.5 Å². The second-order valence-electron chi connectivity index (χ2n) is 3.80. The summed E-state index contributed by atoms with van der Waals surface area (Å²) >= 11 is 0. The molecule has 4 nitrogen and oxygen atoms in total. The highest BCUT2D eigenvalue weighted by Crippen LogP contribution is 2.44. The minimum Gasteiger partial charge on any atom is -0.454 e. The Hall–Kier alpha value is -1.47. The molecule has 100 valence electrons. The third kappa shape index (κ3) is 1.79. The van der Waals surface area contributed by atoms with Gasteiger partial charge in [-0.15, -0.1) is 0 Å². The van der Waals surface area contributed by atoms with Crippen LogP contribution in [-0.2, 0) is 10.3 Å². The molecule has 1 aromatic rings. The molecule has 1 unspecified atom stereocenters. The molecule has 0 fully saturated rings. The maximum atomic E-state index is 13.1. The first-order valence-corrected chi connectivity index (χ1v) is 5.16. The van der Waals surface area contributed by atoms with Crippen LogP contribution in [-0.4, -0.2) is 26.6 Å². The van der Waals surface area contributed by atoms with Gasteiger partial charge in [0.1, 0.15) is 0 Å². The van der Waals surface area contributed by atoms with Crippen molar-refractivity contribution in [3.8, 4) is 11.5 Å². The molecule has 2 rings (SSSR count). The highest BCUT2D eigenvalue weighted by Gasteiger charge is 2.56. The lowest BCUT2D eigenvalue weighted by Gasteiger charge is -2.33. The minimum atomic E-state index is -4.62. The Bertz CT molecular complexity index is 444. The molecule has 0 saturated carbocycles. The lowest BCUT2D eigenvalue weighted by atomic mass is 9.92. The summed E-state index contributed by atoms with van der Waals surface area (Å²) < 4.78 is 54.2. The van der Waals surface area contributed by atoms with Crippen molar-refractivity contribution in [2.45, 2.75) is 11.8 Å². The van der Waals surface area contributed by atoms with Crippen LogP contribution in [0.15, 0.2) is 18.2 Å². The smallest absolute Gasteiger partial charge is 0.422 e. The summed E-state index contributed by atoms with van der Waals surface area (Å²) in [4.78, 5) is 0. The number of halogens is 3. The molecular formula is C11H12F3NO3. The van der Waals surface area contributed by atoms with Gasteiger partial charge in [0.05, 0.1) is 0 Å². The predicted molar refractivity (Wildman–Crippen MR) is 56.4 cm³/mol. The van der Waals surface area contributed by atoms with E-state index in [1.807, 2.05) is 0 Å². The van der Waals surface area contributed by atoms with Gasteiger partial charge in [0.25, 0.3) is 0 Å². The van der Waals surface area contributed by atoms with Gasteiger partial charge in [-0.25, -0.2) is 0 Å². The average molecular weight is 263 g/mol. The molecule has 1 aliphatic rings. The Morgan fingerprint density at radius 2 is 1.94 bits per heavy atom. The van der Waals surface area contributed by atoms with Crippen molar-refractivity contribution >= 4 is 0 Å². The van der Waals surface area contributed by atoms with Gasteiger partial charge < -0.3 is 19.9 Å². The van der Waals surface area contributed by atoms with E-state index in [0.717, 1.165) is 7.11 Å². The van der Waals surface area contributed by atoms with E-state index in [9.17, 15) is 13.2 Å². The second kappa shape index (κ2) is 4.33. The number of nitrogens with two attached hydrogens (primary N) is 1. The summed E-state index contributed by atoms with van der Waals surface area (Å²) in [7, 11) is 0.977. The molecule has 1 aromatic carbocycles. The summed E-state index contributed by atoms with van der Waals surface area (Å²) in [5, 5.41) is 0. The van der Waals surface area contributed by atoms with Crippen molar-refractivity contribution < 1.29 is 27.4 Å². The summed E-state index contributed by atoms with van der Waals surface area (Å²) in [5.41, 5.74) is 2.62. The Labute approximate surface area is 101 Å². The van der Waals surface area contributed by atoms with Crippen LogP contribution in [0.4, 0.5) is 13.2 Å². The van der Waals surface area contributed by atoms with E-state index in [1.54, 1.807) is 0 Å². The number of fused-ring (bicyclic) bond motifs is 1. The van der Waals surface area contributed by atoms with Gasteiger partial charge in [-0.3, -0.25) is 0 Å². The number of methoxy groups -OCH3 is 1. The van der Waals surface area contributed by atoms with Gasteiger partial charge >= 0.3 is 6.18 Å². The lowest BCUT2D eigenvalue weighted by molar-refractivity contribution is -0.272. The Morgan fingerprint density at radius 1 is 1.28 bits per heavy atom. The zero-order valence-corrected chi connectivity index (χ0v) is 9.58. The number of alkyl halides is 3. The number of ether oxygens (including phenoxy) is 3. The van der Waals surface area contributed by atoms with Crippen molar-refractivity contribution in [2.24, 2.45) is 5.73 Å². The second-order valence-corrected chi connectivity index (χ2v) is 3.80. The van der Waals surface area contributed by atoms with Gasteiger partial charge in [0.2, 0.25) is 12.4 Å². The Morgan fingerprint density at radius 3 is 2.50 bits per heavy atom. The molecule has 0 aromatic heterocycles. The quantitative estimate of drug-likeness (QED) is 0.903. The number of hydrogen-bond acceptors (Lipinski definition) is 4. The molecule has 2 N–H and O–H groups in total. The molecule has 18 heavy (non-hydrogen) atoms. The summed E-state index contributed by atoms with van der Waals surface area (Å²) in [6.45, 7) is -0.722. The van der Waals surface area contributed by atoms with E-state index in [1.165, 1.54) is 18.2 Å². The van der Waals surface area contributed by atoms with Crippen LogP contribution in [0.5, 0.6) is 11.5 Å². The molecule has 0 aliphatic carbocycles. The fraction of sp³-hybridized carbons (Fsp3) is 0.455. The number of hydrogen-bond donors (Lipinski definition) is 1. The summed E-state index contributed by atoms with van der Waals surface area (Å²) in [5.74, 6) is 0.662. The lowest BCUT2D eigenvalue weighted by Crippen LogP contribution is -2.49. The van der Waals surface area contributed by atoms with E-state index in [4.69, 9.17) is 15.2 Å². The average Bonchev–Trinajstić information content (AvgIpc) is 2.76. The van der Waals surface area contributed by atoms with Crippen LogP contribution < -0.4 is 15.2 Å². The zero-order chi connectivity index (χ0) is 13.4. The standard InChI is InChI=1S/C11H12F3NO3/c1-16-10(5-15,11(12,13)14)7-2-3-8-9(4-7)18-6-17-8/h2-4H,5-6,15H2,1H3. The zero-order valence-electron chi connectivity index (χ0n) is 9.58. The van der Waals surface area contributed by atoms with Gasteiger partial charge in [-0.2, -0.15) is 13.2 Å². The minimum absolute atomic E-state index is 0.00654. The predicted octanol–water partition coefficient (Wildman–Crippen LogP) is 1.78. The first-order valence-electron chi connectivity index (χ1n) is 5.16. The molecule has 0 spiro atoms. The van der Waals surface area contributed by atoms with Crippen LogP contribution in [0.3, 0.4) is 0 Å². The van der Waals surface area contributed by atoms with Crippen molar-refractivity contribution in [3.63, 3.8) is 0 Å². The largest absolute Gasteiger partial charge is 0.454 e. The third-order valence-electron chi connectivity index (χ3n) is 2.93. The van der Waals surface area contributed by atoms with Crippen molar-refractivity contribution in [1.82, 2.24) is 0 Å². The van der Waals surface area contributed by atoms with Crippen LogP contribution in [0.1, 0.15) is 5.56 Å². The molecule has 0 bridgehead atoms. The molecule has 0 amide bonds. The van der Waals surface area contributed by atoms with Crippen molar-refractivity contribution in [3.05, 3.63) is 23.8 Å². The van der Waals surface area contributed by atoms with E-state index in [2.05, 4.69) is 4.74 Å². The highest BCUT2D eigenvalue weighted by molar-refractivity contribution is 5.46. The monoisotopic (exact) mass is 263 g/mol. The number of benzene rings is 1. The molecule has 0 saturated heterocycles. The van der Waals surface area contributed by atoms with Gasteiger partial charge in [0, 0.05) is 13.7 Å². The van der Waals surface area contributed by atoms with E-state index in [0.29, 0.717) is 5.75 Å². The Kier molecular flexibility index (Phi) is 3.12. The van der Waals surface area contributed by atoms with Crippen LogP contribution in [0, 0.1) is 0 Å². The van der Waals surface area contributed by atoms with E-state index >= 15 is 0 Å². The van der Waals surface area contributed by atoms with Crippen molar-refractivity contribution in [1.29, 1.82) is 0 Å². The first-order chi connectivity index (χ1) is 8.44. The number of rotatable bonds is 3. The van der Waals surface area contributed by atoms with Crippen LogP contribution >= 0.6 is 0 Å². The van der Waals surface area contributed by atoms with Gasteiger partial charge in [-0.05, 0) is 17.7 Å². The molecule has 1 atom stereocenters. The van der Waals surface area contributed by atoms with Gasteiger partial charge in [-0.1, -0.05) is 6.07 Å². The van der Waals surface area contributed by atoms with Crippen molar-refractivity contribution in [2.75, 3.05) is 20.4 Å². The highest BCUT2D eigenvalue weighted by atomic mass is 19.4. The van der Waals surface area contributed by atoms with Crippen LogP contribution in [0.25, 0.3) is 0 Å². The van der Waals surface area contributed by atoms with E-state index < -0.39 is 18.3 Å². The molecule has 0 radical (unpaired) electrons. The summed E-state index contributed by atoms with van der Waals surface area (Å²) in [6, 6.07) is 3.93. The summed E-state index contributed by atoms with van der Waals surface area (Å²) in [6.07, 6.45) is -4.62. The third-order valence-corrected chi connectivity index (χ3v) is 2.93. The molecule has 1 heterocycles.